The Morgan fingerprint density at radius 2 is 1.59 bits per heavy atom. The molecule has 1 heterocycles. The van der Waals surface area contributed by atoms with Crippen molar-refractivity contribution in [1.29, 1.82) is 0 Å². The molecule has 2 amide bonds. The second-order valence-electron chi connectivity index (χ2n) is 9.04. The number of nitrogens with one attached hydrogen (secondary N) is 2. The summed E-state index contributed by atoms with van der Waals surface area (Å²) in [6.45, 7) is 7.27. The van der Waals surface area contributed by atoms with Crippen LogP contribution in [-0.4, -0.2) is 50.3 Å². The summed E-state index contributed by atoms with van der Waals surface area (Å²) >= 11 is 0. The summed E-state index contributed by atoms with van der Waals surface area (Å²) < 4.78 is 23.3. The van der Waals surface area contributed by atoms with Crippen molar-refractivity contribution in [3.63, 3.8) is 0 Å². The van der Waals surface area contributed by atoms with E-state index in [0.717, 1.165) is 5.57 Å². The monoisotopic (exact) mass is 538 g/mol. The van der Waals surface area contributed by atoms with Gasteiger partial charge >= 0.3 is 0 Å². The predicted octanol–water partition coefficient (Wildman–Crippen LogP) is 3.71. The highest BCUT2D eigenvalue weighted by molar-refractivity contribution is 5.91. The van der Waals surface area contributed by atoms with Crippen LogP contribution in [0, 0.1) is 0 Å². The van der Waals surface area contributed by atoms with E-state index in [1.54, 1.807) is 31.4 Å². The molecule has 0 saturated carbocycles. The maximum atomic E-state index is 13.8. The van der Waals surface area contributed by atoms with E-state index in [0.29, 0.717) is 29.0 Å². The third kappa shape index (κ3) is 7.53. The number of carbonyl (C=O) groups is 2. The van der Waals surface area contributed by atoms with Crippen LogP contribution in [0.25, 0.3) is 22.3 Å². The van der Waals surface area contributed by atoms with E-state index < -0.39 is 5.43 Å². The molecule has 0 aliphatic heterocycles. The van der Waals surface area contributed by atoms with E-state index in [4.69, 9.17) is 18.6 Å². The highest BCUT2D eigenvalue weighted by Gasteiger charge is 2.24. The summed E-state index contributed by atoms with van der Waals surface area (Å²) in [7, 11) is 1.55. The van der Waals surface area contributed by atoms with Crippen molar-refractivity contribution < 1.29 is 33.3 Å². The normalized spacial score (nSPS) is 10.6. The second-order valence-corrected chi connectivity index (χ2v) is 9.04. The Morgan fingerprint density at radius 3 is 2.15 bits per heavy atom. The molecule has 10 heteroatoms. The number of phenolic OH excluding ortho intramolecular Hbond substituents is 1. The molecule has 0 spiro atoms. The molecule has 0 aliphatic carbocycles. The number of aromatic hydroxyl groups is 1. The number of rotatable bonds is 12. The lowest BCUT2D eigenvalue weighted by atomic mass is 10.0. The van der Waals surface area contributed by atoms with Crippen molar-refractivity contribution in [3.8, 4) is 34.3 Å². The van der Waals surface area contributed by atoms with Gasteiger partial charge in [-0.15, -0.1) is 0 Å². The van der Waals surface area contributed by atoms with E-state index in [-0.39, 0.29) is 66.3 Å². The SMILES string of the molecule is COc1ccc(-c2oc3c(CC=C(C)C)c(OCCNC(C)=O)cc(O)c3c(=O)c2OCCNC(C)=O)cc1. The van der Waals surface area contributed by atoms with E-state index in [1.807, 2.05) is 19.9 Å². The Hall–Kier alpha value is -4.47. The van der Waals surface area contributed by atoms with Gasteiger partial charge in [-0.2, -0.15) is 0 Å². The van der Waals surface area contributed by atoms with Crippen LogP contribution >= 0.6 is 0 Å². The number of ether oxygens (including phenoxy) is 3. The largest absolute Gasteiger partial charge is 0.507 e. The molecule has 1 aromatic heterocycles. The van der Waals surface area contributed by atoms with E-state index in [1.165, 1.54) is 19.9 Å². The molecule has 0 aliphatic rings. The Bertz CT molecular complexity index is 1420. The number of methoxy groups -OCH3 is 1. The van der Waals surface area contributed by atoms with Crippen molar-refractivity contribution in [2.24, 2.45) is 0 Å². The van der Waals surface area contributed by atoms with Crippen LogP contribution in [0.1, 0.15) is 33.3 Å². The molecular weight excluding hydrogens is 504 g/mol. The highest BCUT2D eigenvalue weighted by Crippen LogP contribution is 2.40. The third-order valence-corrected chi connectivity index (χ3v) is 5.69. The van der Waals surface area contributed by atoms with Gasteiger partial charge in [-0.3, -0.25) is 14.4 Å². The number of benzene rings is 2. The molecule has 3 rings (SSSR count). The molecule has 10 nitrogen and oxygen atoms in total. The molecular formula is C29H34N2O8. The number of carbonyl (C=O) groups excluding carboxylic acids is 2. The third-order valence-electron chi connectivity index (χ3n) is 5.69. The topological polar surface area (TPSA) is 136 Å². The minimum absolute atomic E-state index is 0.00866. The Kier molecular flexibility index (Phi) is 9.97. The summed E-state index contributed by atoms with van der Waals surface area (Å²) in [4.78, 5) is 36.3. The standard InChI is InChI=1S/C29H34N2O8/c1-17(2)6-11-22-24(37-14-12-30-18(3)32)16-23(34)25-26(35)29(38-15-13-31-19(4)33)27(39-28(22)25)20-7-9-21(36-5)10-8-20/h6-10,16,34H,11-15H2,1-5H3,(H,30,32)(H,31,33). The average molecular weight is 539 g/mol. The van der Waals surface area contributed by atoms with Crippen LogP contribution in [0.15, 0.2) is 51.2 Å². The quantitative estimate of drug-likeness (QED) is 0.235. The fourth-order valence-corrected chi connectivity index (χ4v) is 3.82. The number of allylic oxidation sites excluding steroid dienone is 2. The molecule has 2 aromatic carbocycles. The zero-order valence-corrected chi connectivity index (χ0v) is 22.8. The lowest BCUT2D eigenvalue weighted by molar-refractivity contribution is -0.119. The van der Waals surface area contributed by atoms with Crippen molar-refractivity contribution >= 4 is 22.8 Å². The van der Waals surface area contributed by atoms with Gasteiger partial charge in [-0.1, -0.05) is 11.6 Å². The summed E-state index contributed by atoms with van der Waals surface area (Å²) in [5.74, 6) is 0.255. The Balaban J connectivity index is 2.22. The highest BCUT2D eigenvalue weighted by atomic mass is 16.5. The molecule has 3 N–H and O–H groups in total. The number of hydrogen-bond donors (Lipinski definition) is 3. The molecule has 0 bridgehead atoms. The van der Waals surface area contributed by atoms with Gasteiger partial charge in [-0.05, 0) is 44.5 Å². The van der Waals surface area contributed by atoms with Crippen LogP contribution < -0.4 is 30.3 Å². The maximum Gasteiger partial charge on any atom is 0.239 e. The minimum atomic E-state index is -0.564. The van der Waals surface area contributed by atoms with Gasteiger partial charge in [0.05, 0.1) is 20.2 Å². The van der Waals surface area contributed by atoms with Gasteiger partial charge in [0.1, 0.15) is 41.4 Å². The van der Waals surface area contributed by atoms with Crippen molar-refractivity contribution in [2.75, 3.05) is 33.4 Å². The fourth-order valence-electron chi connectivity index (χ4n) is 3.82. The number of phenols is 1. The fraction of sp³-hybridized carbons (Fsp3) is 0.345. The predicted molar refractivity (Wildman–Crippen MR) is 148 cm³/mol. The maximum absolute atomic E-state index is 13.8. The van der Waals surface area contributed by atoms with Gasteiger partial charge < -0.3 is 34.4 Å². The van der Waals surface area contributed by atoms with Crippen molar-refractivity contribution in [3.05, 3.63) is 57.8 Å². The molecule has 0 saturated heterocycles. The molecule has 0 radical (unpaired) electrons. The first kappa shape index (κ1) is 29.1. The molecule has 3 aromatic rings. The first-order chi connectivity index (χ1) is 18.6. The van der Waals surface area contributed by atoms with Gasteiger partial charge in [0.25, 0.3) is 0 Å². The van der Waals surface area contributed by atoms with Crippen LogP contribution in [0.3, 0.4) is 0 Å². The summed E-state index contributed by atoms with van der Waals surface area (Å²) in [6, 6.07) is 8.28. The van der Waals surface area contributed by atoms with Crippen LogP contribution in [0.5, 0.6) is 23.0 Å². The molecule has 0 atom stereocenters. The summed E-state index contributed by atoms with van der Waals surface area (Å²) in [5.41, 5.74) is 1.74. The summed E-state index contributed by atoms with van der Waals surface area (Å²) in [6.07, 6.45) is 2.32. The Labute approximate surface area is 226 Å². The van der Waals surface area contributed by atoms with Crippen LogP contribution in [0.4, 0.5) is 0 Å². The van der Waals surface area contributed by atoms with E-state index >= 15 is 0 Å². The van der Waals surface area contributed by atoms with Crippen LogP contribution in [0.2, 0.25) is 0 Å². The van der Waals surface area contributed by atoms with Crippen LogP contribution in [-0.2, 0) is 16.0 Å². The van der Waals surface area contributed by atoms with E-state index in [2.05, 4.69) is 10.6 Å². The second kappa shape index (κ2) is 13.4. The molecule has 0 unspecified atom stereocenters. The smallest absolute Gasteiger partial charge is 0.239 e. The van der Waals surface area contributed by atoms with Crippen molar-refractivity contribution in [2.45, 2.75) is 34.1 Å². The van der Waals surface area contributed by atoms with Gasteiger partial charge in [0.15, 0.2) is 5.76 Å². The van der Waals surface area contributed by atoms with Gasteiger partial charge in [0, 0.05) is 31.0 Å². The number of hydrogen-bond acceptors (Lipinski definition) is 8. The number of amides is 2. The lowest BCUT2D eigenvalue weighted by Crippen LogP contribution is -2.26. The molecule has 0 fully saturated rings. The van der Waals surface area contributed by atoms with Crippen molar-refractivity contribution in [1.82, 2.24) is 10.6 Å². The molecule has 39 heavy (non-hydrogen) atoms. The zero-order chi connectivity index (χ0) is 28.5. The number of fused-ring (bicyclic) bond motifs is 1. The Morgan fingerprint density at radius 1 is 0.974 bits per heavy atom. The lowest BCUT2D eigenvalue weighted by Gasteiger charge is -2.17. The first-order valence-electron chi connectivity index (χ1n) is 12.5. The minimum Gasteiger partial charge on any atom is -0.507 e. The summed E-state index contributed by atoms with van der Waals surface area (Å²) in [5, 5.41) is 16.2. The average Bonchev–Trinajstić information content (AvgIpc) is 2.88. The molecule has 208 valence electrons. The zero-order valence-electron chi connectivity index (χ0n) is 22.8. The van der Waals surface area contributed by atoms with Gasteiger partial charge in [0.2, 0.25) is 23.0 Å². The van der Waals surface area contributed by atoms with E-state index in [9.17, 15) is 19.5 Å². The first-order valence-corrected chi connectivity index (χ1v) is 12.5. The van der Waals surface area contributed by atoms with Gasteiger partial charge in [-0.25, -0.2) is 0 Å².